The summed E-state index contributed by atoms with van der Waals surface area (Å²) in [6.07, 6.45) is 6.48. The normalized spacial score (nSPS) is 14.3. The van der Waals surface area contributed by atoms with E-state index in [-0.39, 0.29) is 11.8 Å². The molecule has 2 aromatic heterocycles. The predicted octanol–water partition coefficient (Wildman–Crippen LogP) is 5.19. The molecule has 0 unspecified atom stereocenters. The number of unbranched alkanes of at least 4 members (excludes halogenated alkanes) is 1. The second-order valence-corrected chi connectivity index (χ2v) is 9.02. The Morgan fingerprint density at radius 1 is 1.25 bits per heavy atom. The zero-order valence-corrected chi connectivity index (χ0v) is 16.0. The minimum atomic E-state index is -0.702. The molecule has 0 bridgehead atoms. The molecule has 2 aromatic rings. The molecule has 130 valence electrons. The topological polar surface area (TPSA) is 50.2 Å². The van der Waals surface area contributed by atoms with Crippen molar-refractivity contribution in [2.75, 3.05) is 0 Å². The number of carboxylic acids is 1. The van der Waals surface area contributed by atoms with Gasteiger partial charge in [-0.3, -0.25) is 4.79 Å². The number of rotatable bonds is 5. The molecule has 3 nitrogen and oxygen atoms in total. The quantitative estimate of drug-likeness (QED) is 0.759. The van der Waals surface area contributed by atoms with Crippen LogP contribution >= 0.6 is 11.3 Å². The van der Waals surface area contributed by atoms with E-state index in [1.54, 1.807) is 5.56 Å². The standard InChI is InChI=1S/C20H27NO2S/c1-12-13(8-5-6-11-16(22)23)18(20(2,3)4)17-14-9-7-10-15(14)24-19(17)21-12/h5-11H2,1-4H3,(H,22,23). The molecule has 1 aliphatic carbocycles. The summed E-state index contributed by atoms with van der Waals surface area (Å²) in [6.45, 7) is 9.00. The Balaban J connectivity index is 2.06. The lowest BCUT2D eigenvalue weighted by Gasteiger charge is -2.26. The maximum Gasteiger partial charge on any atom is 0.303 e. The highest BCUT2D eigenvalue weighted by atomic mass is 32.1. The Labute approximate surface area is 148 Å². The molecular weight excluding hydrogens is 318 g/mol. The van der Waals surface area contributed by atoms with Crippen LogP contribution in [-0.2, 0) is 29.5 Å². The fourth-order valence-corrected chi connectivity index (χ4v) is 5.31. The Kier molecular flexibility index (Phi) is 4.69. The van der Waals surface area contributed by atoms with Crippen molar-refractivity contribution in [1.82, 2.24) is 4.98 Å². The zero-order chi connectivity index (χ0) is 17.5. The second kappa shape index (κ2) is 6.47. The minimum absolute atomic E-state index is 0.0749. The average Bonchev–Trinajstić information content (AvgIpc) is 3.02. The van der Waals surface area contributed by atoms with E-state index >= 15 is 0 Å². The number of aryl methyl sites for hydroxylation is 3. The highest BCUT2D eigenvalue weighted by Gasteiger charge is 2.28. The fourth-order valence-electron chi connectivity index (χ4n) is 3.99. The van der Waals surface area contributed by atoms with Crippen molar-refractivity contribution in [3.05, 3.63) is 27.3 Å². The summed E-state index contributed by atoms with van der Waals surface area (Å²) in [7, 11) is 0. The van der Waals surface area contributed by atoms with Gasteiger partial charge in [-0.05, 0) is 67.6 Å². The third-order valence-electron chi connectivity index (χ3n) is 4.98. The van der Waals surface area contributed by atoms with Crippen LogP contribution in [0.15, 0.2) is 0 Å². The number of aromatic nitrogens is 1. The average molecular weight is 346 g/mol. The Morgan fingerprint density at radius 3 is 2.67 bits per heavy atom. The summed E-state index contributed by atoms with van der Waals surface area (Å²) in [5, 5.41) is 10.3. The van der Waals surface area contributed by atoms with Gasteiger partial charge >= 0.3 is 5.97 Å². The summed E-state index contributed by atoms with van der Waals surface area (Å²) in [5.41, 5.74) is 5.56. The lowest BCUT2D eigenvalue weighted by Crippen LogP contribution is -2.17. The van der Waals surface area contributed by atoms with Crippen molar-refractivity contribution in [1.29, 1.82) is 0 Å². The first-order valence-electron chi connectivity index (χ1n) is 8.95. The predicted molar refractivity (Wildman–Crippen MR) is 100 cm³/mol. The van der Waals surface area contributed by atoms with Gasteiger partial charge in [0.05, 0.1) is 0 Å². The van der Waals surface area contributed by atoms with E-state index in [1.807, 2.05) is 11.3 Å². The van der Waals surface area contributed by atoms with Gasteiger partial charge in [-0.15, -0.1) is 11.3 Å². The zero-order valence-electron chi connectivity index (χ0n) is 15.2. The van der Waals surface area contributed by atoms with Crippen LogP contribution in [0.4, 0.5) is 0 Å². The van der Waals surface area contributed by atoms with Crippen LogP contribution in [0.5, 0.6) is 0 Å². The number of thiophene rings is 1. The molecule has 1 aliphatic rings. The number of carboxylic acid groups (broad SMARTS) is 1. The summed E-state index contributed by atoms with van der Waals surface area (Å²) in [4.78, 5) is 18.4. The Hall–Kier alpha value is -1.42. The largest absolute Gasteiger partial charge is 0.481 e. The third-order valence-corrected chi connectivity index (χ3v) is 6.16. The summed E-state index contributed by atoms with van der Waals surface area (Å²) in [6, 6.07) is 0. The summed E-state index contributed by atoms with van der Waals surface area (Å²) in [5.74, 6) is -0.702. The number of fused-ring (bicyclic) bond motifs is 3. The summed E-state index contributed by atoms with van der Waals surface area (Å²) < 4.78 is 0. The van der Waals surface area contributed by atoms with Gasteiger partial charge in [0.2, 0.25) is 0 Å². The van der Waals surface area contributed by atoms with Crippen LogP contribution in [0.3, 0.4) is 0 Å². The number of nitrogens with zero attached hydrogens (tertiary/aromatic N) is 1. The van der Waals surface area contributed by atoms with Crippen LogP contribution in [0, 0.1) is 6.92 Å². The molecule has 0 saturated heterocycles. The molecule has 0 spiro atoms. The van der Waals surface area contributed by atoms with Gasteiger partial charge in [0.25, 0.3) is 0 Å². The Bertz CT molecular complexity index is 783. The lowest BCUT2D eigenvalue weighted by atomic mass is 9.79. The molecule has 0 aliphatic heterocycles. The van der Waals surface area contributed by atoms with E-state index in [9.17, 15) is 4.79 Å². The van der Waals surface area contributed by atoms with E-state index in [4.69, 9.17) is 10.1 Å². The molecule has 0 atom stereocenters. The van der Waals surface area contributed by atoms with Crippen LogP contribution in [0.25, 0.3) is 10.2 Å². The molecule has 24 heavy (non-hydrogen) atoms. The molecule has 1 N–H and O–H groups in total. The molecule has 4 heteroatoms. The monoisotopic (exact) mass is 345 g/mol. The molecule has 0 saturated carbocycles. The van der Waals surface area contributed by atoms with Crippen molar-refractivity contribution >= 4 is 27.5 Å². The van der Waals surface area contributed by atoms with Gasteiger partial charge in [0, 0.05) is 22.4 Å². The fraction of sp³-hybridized carbons (Fsp3) is 0.600. The highest BCUT2D eigenvalue weighted by molar-refractivity contribution is 7.18. The first kappa shape index (κ1) is 17.4. The van der Waals surface area contributed by atoms with Crippen molar-refractivity contribution < 1.29 is 9.90 Å². The molecule has 0 radical (unpaired) electrons. The van der Waals surface area contributed by atoms with Crippen molar-refractivity contribution in [3.63, 3.8) is 0 Å². The maximum atomic E-state index is 10.8. The lowest BCUT2D eigenvalue weighted by molar-refractivity contribution is -0.137. The van der Waals surface area contributed by atoms with Crippen LogP contribution < -0.4 is 0 Å². The maximum absolute atomic E-state index is 10.8. The number of aliphatic carboxylic acids is 1. The summed E-state index contributed by atoms with van der Waals surface area (Å²) >= 11 is 1.88. The number of carbonyl (C=O) groups is 1. The van der Waals surface area contributed by atoms with Crippen LogP contribution in [0.2, 0.25) is 0 Å². The van der Waals surface area contributed by atoms with E-state index in [2.05, 4.69) is 27.7 Å². The number of hydrogen-bond donors (Lipinski definition) is 1. The first-order valence-corrected chi connectivity index (χ1v) is 9.76. The van der Waals surface area contributed by atoms with Gasteiger partial charge in [0.15, 0.2) is 0 Å². The number of pyridine rings is 1. The first-order chi connectivity index (χ1) is 11.3. The molecule has 0 fully saturated rings. The molecule has 2 heterocycles. The molecule has 0 amide bonds. The third kappa shape index (κ3) is 3.21. The van der Waals surface area contributed by atoms with Gasteiger partial charge in [-0.25, -0.2) is 4.98 Å². The van der Waals surface area contributed by atoms with E-state index in [1.165, 1.54) is 45.5 Å². The van der Waals surface area contributed by atoms with E-state index in [0.29, 0.717) is 0 Å². The SMILES string of the molecule is Cc1nc2sc3c(c2c(C(C)(C)C)c1CCCCC(=O)O)CCC3. The van der Waals surface area contributed by atoms with Crippen LogP contribution in [0.1, 0.15) is 73.7 Å². The van der Waals surface area contributed by atoms with Crippen LogP contribution in [-0.4, -0.2) is 16.1 Å². The molecular formula is C20H27NO2S. The smallest absolute Gasteiger partial charge is 0.303 e. The molecule has 0 aromatic carbocycles. The molecule has 3 rings (SSSR count). The minimum Gasteiger partial charge on any atom is -0.481 e. The van der Waals surface area contributed by atoms with E-state index < -0.39 is 5.97 Å². The van der Waals surface area contributed by atoms with Gasteiger partial charge in [-0.2, -0.15) is 0 Å². The van der Waals surface area contributed by atoms with Gasteiger partial charge in [0.1, 0.15) is 4.83 Å². The van der Waals surface area contributed by atoms with Gasteiger partial charge in [-0.1, -0.05) is 20.8 Å². The van der Waals surface area contributed by atoms with Crippen molar-refractivity contribution in [3.8, 4) is 0 Å². The van der Waals surface area contributed by atoms with Gasteiger partial charge < -0.3 is 5.11 Å². The Morgan fingerprint density at radius 2 is 2.00 bits per heavy atom. The van der Waals surface area contributed by atoms with Crippen molar-refractivity contribution in [2.45, 2.75) is 78.1 Å². The van der Waals surface area contributed by atoms with Crippen molar-refractivity contribution in [2.24, 2.45) is 0 Å². The van der Waals surface area contributed by atoms with E-state index in [0.717, 1.165) is 25.0 Å². The number of hydrogen-bond acceptors (Lipinski definition) is 3. The second-order valence-electron chi connectivity index (χ2n) is 7.94. The highest BCUT2D eigenvalue weighted by Crippen LogP contribution is 2.43.